The lowest BCUT2D eigenvalue weighted by molar-refractivity contribution is 0.618. The molecule has 0 saturated heterocycles. The summed E-state index contributed by atoms with van der Waals surface area (Å²) in [6.45, 7) is 4.47. The molecule has 2 aromatic heterocycles. The Morgan fingerprint density at radius 1 is 0.909 bits per heavy atom. The zero-order chi connectivity index (χ0) is 22.7. The summed E-state index contributed by atoms with van der Waals surface area (Å²) in [5, 5.41) is 1.72. The highest BCUT2D eigenvalue weighted by atomic mass is 19.1. The van der Waals surface area contributed by atoms with E-state index in [1.807, 2.05) is 13.0 Å². The molecule has 33 heavy (non-hydrogen) atoms. The van der Waals surface area contributed by atoms with Gasteiger partial charge in [0.05, 0.1) is 17.6 Å². The van der Waals surface area contributed by atoms with Crippen molar-refractivity contribution in [3.05, 3.63) is 106 Å². The maximum absolute atomic E-state index is 13.9. The van der Waals surface area contributed by atoms with Crippen LogP contribution in [0.2, 0.25) is 0 Å². The monoisotopic (exact) mass is 433 g/mol. The fraction of sp³-hybridized carbons (Fsp3) is 0.107. The molecule has 0 unspecified atom stereocenters. The number of aromatic nitrogens is 2. The van der Waals surface area contributed by atoms with Gasteiger partial charge in [0.1, 0.15) is 5.82 Å². The Morgan fingerprint density at radius 2 is 1.73 bits per heavy atom. The van der Waals surface area contributed by atoms with Gasteiger partial charge in [-0.25, -0.2) is 4.39 Å². The first-order valence-corrected chi connectivity index (χ1v) is 10.9. The molecular formula is C28H20FN3O. The molecule has 0 aliphatic carbocycles. The van der Waals surface area contributed by atoms with Gasteiger partial charge >= 0.3 is 0 Å². The first-order valence-electron chi connectivity index (χ1n) is 10.9. The summed E-state index contributed by atoms with van der Waals surface area (Å²) < 4.78 is 15.6. The minimum Gasteiger partial charge on any atom is -0.285 e. The van der Waals surface area contributed by atoms with Crippen LogP contribution in [0.1, 0.15) is 23.6 Å². The van der Waals surface area contributed by atoms with E-state index in [9.17, 15) is 9.18 Å². The maximum atomic E-state index is 13.9. The van der Waals surface area contributed by atoms with Crippen LogP contribution < -0.4 is 5.56 Å². The summed E-state index contributed by atoms with van der Waals surface area (Å²) in [4.78, 5) is 22.2. The number of nitrogens with zero attached hydrogens (tertiary/aromatic N) is 3. The predicted octanol–water partition coefficient (Wildman–Crippen LogP) is 5.98. The molecule has 0 N–H and O–H groups in total. The second kappa shape index (κ2) is 7.20. The van der Waals surface area contributed by atoms with Crippen LogP contribution >= 0.6 is 0 Å². The van der Waals surface area contributed by atoms with Gasteiger partial charge in [-0.3, -0.25) is 19.3 Å². The standard InChI is InChI=1S/C28H20FN3O/c1-16-11-22(7-8-25(16)29)32-27(33)10-6-21-15-31-26-9-5-19(13-24(26)28(21)32)18-3-4-20-14-30-17(2)23(20)12-18/h3-13,15H,14H2,1-2H3. The van der Waals surface area contributed by atoms with E-state index in [4.69, 9.17) is 0 Å². The molecular weight excluding hydrogens is 413 g/mol. The minimum absolute atomic E-state index is 0.171. The summed E-state index contributed by atoms with van der Waals surface area (Å²) in [6.07, 6.45) is 1.78. The highest BCUT2D eigenvalue weighted by Gasteiger charge is 2.15. The summed E-state index contributed by atoms with van der Waals surface area (Å²) in [6, 6.07) is 20.6. The average Bonchev–Trinajstić information content (AvgIpc) is 3.20. The van der Waals surface area contributed by atoms with Gasteiger partial charge < -0.3 is 0 Å². The van der Waals surface area contributed by atoms with Crippen LogP contribution in [0, 0.1) is 12.7 Å². The van der Waals surface area contributed by atoms with Gasteiger partial charge in [0, 0.05) is 40.0 Å². The van der Waals surface area contributed by atoms with E-state index in [1.165, 1.54) is 23.3 Å². The summed E-state index contributed by atoms with van der Waals surface area (Å²) in [5.41, 5.74) is 8.12. The smallest absolute Gasteiger partial charge is 0.255 e. The fourth-order valence-corrected chi connectivity index (χ4v) is 4.63. The number of benzene rings is 3. The van der Waals surface area contributed by atoms with E-state index >= 15 is 0 Å². The van der Waals surface area contributed by atoms with E-state index in [0.717, 1.165) is 45.2 Å². The molecule has 0 fully saturated rings. The van der Waals surface area contributed by atoms with Crippen LogP contribution in [0.15, 0.2) is 82.7 Å². The number of hydrogen-bond acceptors (Lipinski definition) is 3. The van der Waals surface area contributed by atoms with Crippen LogP contribution in [0.5, 0.6) is 0 Å². The van der Waals surface area contributed by atoms with Crippen LogP contribution in [0.25, 0.3) is 38.6 Å². The van der Waals surface area contributed by atoms with Gasteiger partial charge in [-0.05, 0) is 78.6 Å². The number of aryl methyl sites for hydroxylation is 1. The minimum atomic E-state index is -0.295. The van der Waals surface area contributed by atoms with Crippen LogP contribution in [-0.2, 0) is 6.54 Å². The maximum Gasteiger partial charge on any atom is 0.255 e. The number of fused-ring (bicyclic) bond motifs is 4. The van der Waals surface area contributed by atoms with Crippen LogP contribution in [-0.4, -0.2) is 15.3 Å². The van der Waals surface area contributed by atoms with Crippen LogP contribution in [0.4, 0.5) is 4.39 Å². The van der Waals surface area contributed by atoms with Gasteiger partial charge in [0.15, 0.2) is 0 Å². The van der Waals surface area contributed by atoms with E-state index in [-0.39, 0.29) is 11.4 Å². The molecule has 0 amide bonds. The number of rotatable bonds is 2. The quantitative estimate of drug-likeness (QED) is 0.322. The number of pyridine rings is 2. The molecule has 3 heterocycles. The van der Waals surface area contributed by atoms with E-state index in [1.54, 1.807) is 35.9 Å². The SMILES string of the molecule is CC1=NCc2ccc(-c3ccc4ncc5ccc(=O)n(-c6ccc(F)c(C)c6)c5c4c3)cc21. The van der Waals surface area contributed by atoms with Gasteiger partial charge in [-0.1, -0.05) is 18.2 Å². The lowest BCUT2D eigenvalue weighted by Crippen LogP contribution is -2.18. The molecule has 0 atom stereocenters. The van der Waals surface area contributed by atoms with Crippen molar-refractivity contribution < 1.29 is 4.39 Å². The Kier molecular flexibility index (Phi) is 4.27. The van der Waals surface area contributed by atoms with E-state index < -0.39 is 0 Å². The lowest BCUT2D eigenvalue weighted by Gasteiger charge is -2.14. The Hall–Kier alpha value is -4.12. The largest absolute Gasteiger partial charge is 0.285 e. The summed E-state index contributed by atoms with van der Waals surface area (Å²) in [7, 11) is 0. The van der Waals surface area contributed by atoms with Crippen molar-refractivity contribution in [2.45, 2.75) is 20.4 Å². The Labute approximate surface area is 189 Å². The predicted molar refractivity (Wildman–Crippen MR) is 131 cm³/mol. The Bertz CT molecular complexity index is 1700. The normalized spacial score (nSPS) is 12.9. The Balaban J connectivity index is 1.65. The number of aliphatic imine (C=N–C) groups is 1. The molecule has 3 aromatic carbocycles. The van der Waals surface area contributed by atoms with Gasteiger partial charge in [0.25, 0.3) is 5.56 Å². The molecule has 5 heteroatoms. The van der Waals surface area contributed by atoms with Crippen molar-refractivity contribution in [2.24, 2.45) is 4.99 Å². The Morgan fingerprint density at radius 3 is 2.58 bits per heavy atom. The van der Waals surface area contributed by atoms with E-state index in [0.29, 0.717) is 11.3 Å². The lowest BCUT2D eigenvalue weighted by atomic mass is 9.97. The highest BCUT2D eigenvalue weighted by molar-refractivity contribution is 6.06. The van der Waals surface area contributed by atoms with Gasteiger partial charge in [0.2, 0.25) is 0 Å². The zero-order valence-corrected chi connectivity index (χ0v) is 18.3. The van der Waals surface area contributed by atoms with Crippen molar-refractivity contribution in [2.75, 3.05) is 0 Å². The second-order valence-electron chi connectivity index (χ2n) is 8.51. The molecule has 0 spiro atoms. The molecule has 160 valence electrons. The first kappa shape index (κ1) is 19.6. The zero-order valence-electron chi connectivity index (χ0n) is 18.3. The molecule has 5 aromatic rings. The second-order valence-corrected chi connectivity index (χ2v) is 8.51. The average molecular weight is 433 g/mol. The summed E-state index contributed by atoms with van der Waals surface area (Å²) >= 11 is 0. The van der Waals surface area contributed by atoms with Crippen molar-refractivity contribution in [3.8, 4) is 16.8 Å². The molecule has 1 aliphatic rings. The molecule has 1 aliphatic heterocycles. The van der Waals surface area contributed by atoms with E-state index in [2.05, 4.69) is 40.3 Å². The third-order valence-corrected chi connectivity index (χ3v) is 6.44. The molecule has 0 bridgehead atoms. The third kappa shape index (κ3) is 3.08. The molecule has 4 nitrogen and oxygen atoms in total. The van der Waals surface area contributed by atoms with Crippen molar-refractivity contribution in [1.29, 1.82) is 0 Å². The third-order valence-electron chi connectivity index (χ3n) is 6.44. The summed E-state index contributed by atoms with van der Waals surface area (Å²) in [5.74, 6) is -0.295. The molecule has 0 saturated carbocycles. The van der Waals surface area contributed by atoms with Crippen molar-refractivity contribution in [1.82, 2.24) is 9.55 Å². The topological polar surface area (TPSA) is 47.2 Å². The highest BCUT2D eigenvalue weighted by Crippen LogP contribution is 2.31. The van der Waals surface area contributed by atoms with Gasteiger partial charge in [-0.15, -0.1) is 0 Å². The van der Waals surface area contributed by atoms with Gasteiger partial charge in [-0.2, -0.15) is 0 Å². The molecule has 0 radical (unpaired) electrons. The molecule has 6 rings (SSSR count). The van der Waals surface area contributed by atoms with Crippen molar-refractivity contribution >= 4 is 27.5 Å². The van der Waals surface area contributed by atoms with Crippen molar-refractivity contribution in [3.63, 3.8) is 0 Å². The van der Waals surface area contributed by atoms with Crippen LogP contribution in [0.3, 0.4) is 0 Å². The fourth-order valence-electron chi connectivity index (χ4n) is 4.63. The number of halogens is 1. The number of hydrogen-bond donors (Lipinski definition) is 0. The first-order chi connectivity index (χ1) is 16.0.